The first-order valence-electron chi connectivity index (χ1n) is 4.17. The van der Waals surface area contributed by atoms with Gasteiger partial charge in [-0.3, -0.25) is 0 Å². The number of nitrogens with zero attached hydrogens (tertiary/aromatic N) is 2. The third-order valence-corrected chi connectivity index (χ3v) is 1.03. The SMILES string of the molecule is [Ag].[O]=[Mn](=[O])(=[O])[OH].[c-]1ccccn1.[c-]1ccccn1. The minimum absolute atomic E-state index is 0. The third kappa shape index (κ3) is 24.2. The molecule has 18 heavy (non-hydrogen) atoms. The van der Waals surface area contributed by atoms with Crippen LogP contribution in [0.2, 0.25) is 0 Å². The van der Waals surface area contributed by atoms with Gasteiger partial charge in [0.05, 0.1) is 0 Å². The van der Waals surface area contributed by atoms with Gasteiger partial charge in [0.25, 0.3) is 0 Å². The molecule has 8 heteroatoms. The van der Waals surface area contributed by atoms with Crippen molar-refractivity contribution in [2.24, 2.45) is 0 Å². The minimum atomic E-state index is -5.38. The standard InChI is InChI=1S/2C5H4N.Ag.Mn.H2O.3O/c2*1-2-4-6-5-3-1;;;;;;/h2*1-4H;;;1H2;;;/q2*-1;;+1;;;;/p-1. The molecule has 0 aliphatic rings. The zero-order chi connectivity index (χ0) is 13.0. The molecule has 0 aliphatic carbocycles. The predicted molar refractivity (Wildman–Crippen MR) is 50.4 cm³/mol. The largest absolute Gasteiger partial charge is 0.394 e. The summed E-state index contributed by atoms with van der Waals surface area (Å²) in [6.07, 6.45) is 8.67. The van der Waals surface area contributed by atoms with Gasteiger partial charge in [-0.1, -0.05) is 24.8 Å². The van der Waals surface area contributed by atoms with Crippen LogP contribution in [0, 0.1) is 12.4 Å². The van der Waals surface area contributed by atoms with Gasteiger partial charge in [-0.2, -0.15) is 36.4 Å². The fourth-order valence-electron chi connectivity index (χ4n) is 0.555. The van der Waals surface area contributed by atoms with E-state index in [0.29, 0.717) is 0 Å². The smallest absolute Gasteiger partial charge is 0.0813 e. The number of pyridine rings is 2. The molecule has 2 aromatic heterocycles. The maximum atomic E-state index is 8.69. The Balaban J connectivity index is 0. The van der Waals surface area contributed by atoms with Gasteiger partial charge in [-0.15, -0.1) is 0 Å². The van der Waals surface area contributed by atoms with E-state index in [4.69, 9.17) is 15.7 Å². The van der Waals surface area contributed by atoms with Crippen LogP contribution in [0.5, 0.6) is 0 Å². The van der Waals surface area contributed by atoms with Crippen molar-refractivity contribution in [1.29, 1.82) is 0 Å². The monoisotopic (exact) mass is 383 g/mol. The maximum Gasteiger partial charge on any atom is -0.0813 e. The molecule has 0 amide bonds. The molecular weight excluding hydrogens is 375 g/mol. The Hall–Kier alpha value is -1.08. The summed E-state index contributed by atoms with van der Waals surface area (Å²) >= 11 is -5.38. The summed E-state index contributed by atoms with van der Waals surface area (Å²) in [5, 5.41) is 0. The van der Waals surface area contributed by atoms with Gasteiger partial charge in [-0.25, -0.2) is 0 Å². The molecule has 0 saturated carbocycles. The minimum Gasteiger partial charge on any atom is -0.394 e. The van der Waals surface area contributed by atoms with Crippen LogP contribution in [0.15, 0.2) is 48.8 Å². The zero-order valence-electron chi connectivity index (χ0n) is 8.86. The molecule has 0 aromatic carbocycles. The summed E-state index contributed by atoms with van der Waals surface area (Å²) < 4.78 is 33.1. The molecule has 0 aliphatic heterocycles. The van der Waals surface area contributed by atoms with Gasteiger partial charge in [0.15, 0.2) is 0 Å². The molecule has 1 N–H and O–H groups in total. The third-order valence-electron chi connectivity index (χ3n) is 1.03. The second kappa shape index (κ2) is 12.4. The number of hydrogen-bond acceptors (Lipinski definition) is 5. The summed E-state index contributed by atoms with van der Waals surface area (Å²) in [7, 11) is 0. The van der Waals surface area contributed by atoms with Gasteiger partial charge in [-0.05, 0) is 0 Å². The number of hydrogen-bond donors (Lipinski definition) is 1. The van der Waals surface area contributed by atoms with Gasteiger partial charge < -0.3 is 9.97 Å². The van der Waals surface area contributed by atoms with Gasteiger partial charge in [0.2, 0.25) is 0 Å². The van der Waals surface area contributed by atoms with Crippen LogP contribution in [0.4, 0.5) is 0 Å². The molecule has 2 aromatic rings. The van der Waals surface area contributed by atoms with E-state index in [1.165, 1.54) is 0 Å². The Morgan fingerprint density at radius 2 is 1.17 bits per heavy atom. The van der Waals surface area contributed by atoms with Crippen molar-refractivity contribution in [1.82, 2.24) is 9.97 Å². The van der Waals surface area contributed by atoms with E-state index in [0.717, 1.165) is 0 Å². The van der Waals surface area contributed by atoms with Crippen molar-refractivity contribution in [2.45, 2.75) is 0 Å². The van der Waals surface area contributed by atoms with E-state index in [-0.39, 0.29) is 22.4 Å². The quantitative estimate of drug-likeness (QED) is 0.535. The van der Waals surface area contributed by atoms with Crippen LogP contribution >= 0.6 is 0 Å². The van der Waals surface area contributed by atoms with E-state index in [1.54, 1.807) is 24.5 Å². The van der Waals surface area contributed by atoms with Crippen molar-refractivity contribution < 1.29 is 51.0 Å². The normalized spacial score (nSPS) is 8.50. The Morgan fingerprint density at radius 1 is 0.833 bits per heavy atom. The van der Waals surface area contributed by atoms with Crippen LogP contribution in [0.3, 0.4) is 0 Å². The average molecular weight is 384 g/mol. The van der Waals surface area contributed by atoms with Crippen molar-refractivity contribution >= 4 is 0 Å². The summed E-state index contributed by atoms with van der Waals surface area (Å²) in [6, 6.07) is 11.0. The molecule has 6 nitrogen and oxygen atoms in total. The number of rotatable bonds is 0. The first-order valence-corrected chi connectivity index (χ1v) is 6.15. The summed E-state index contributed by atoms with van der Waals surface area (Å²) in [5.74, 6) is 0. The fourth-order valence-corrected chi connectivity index (χ4v) is 0.555. The van der Waals surface area contributed by atoms with Crippen LogP contribution in [0.1, 0.15) is 0 Å². The Labute approximate surface area is 122 Å². The molecule has 0 fully saturated rings. The fraction of sp³-hybridized carbons (Fsp3) is 0. The van der Waals surface area contributed by atoms with Crippen LogP contribution in [-0.2, 0) is 46.9 Å². The topological polar surface area (TPSA) is 97.2 Å². The molecule has 0 bridgehead atoms. The Morgan fingerprint density at radius 3 is 1.22 bits per heavy atom. The molecule has 103 valence electrons. The Bertz CT molecular complexity index is 430. The Kier molecular flexibility index (Phi) is 13.2. The first kappa shape index (κ1) is 19.3. The van der Waals surface area contributed by atoms with E-state index >= 15 is 0 Å². The molecule has 0 unspecified atom stereocenters. The molecule has 2 heterocycles. The molecule has 1 radical (unpaired) electrons. The van der Waals surface area contributed by atoms with E-state index in [1.807, 2.05) is 24.3 Å². The molecule has 0 saturated heterocycles. The van der Waals surface area contributed by atoms with Crippen molar-refractivity contribution in [3.63, 3.8) is 0 Å². The summed E-state index contributed by atoms with van der Waals surface area (Å²) in [5.41, 5.74) is 0. The zero-order valence-corrected chi connectivity index (χ0v) is 11.5. The van der Waals surface area contributed by atoms with Crippen LogP contribution in [0.25, 0.3) is 0 Å². The number of aromatic nitrogens is 2. The van der Waals surface area contributed by atoms with Gasteiger partial charge in [0.1, 0.15) is 0 Å². The second-order valence-electron chi connectivity index (χ2n) is 2.31. The molecular formula is C10H9AgMnN2O4-2. The maximum absolute atomic E-state index is 8.69. The van der Waals surface area contributed by atoms with Crippen LogP contribution < -0.4 is 0 Å². The molecule has 0 atom stereocenters. The van der Waals surface area contributed by atoms with E-state index in [9.17, 15) is 0 Å². The van der Waals surface area contributed by atoms with Crippen molar-refractivity contribution in [3.05, 3.63) is 61.2 Å². The molecule has 0 spiro atoms. The van der Waals surface area contributed by atoms with E-state index in [2.05, 4.69) is 22.4 Å². The molecule has 2 rings (SSSR count). The van der Waals surface area contributed by atoms with E-state index < -0.39 is 13.0 Å². The van der Waals surface area contributed by atoms with Crippen molar-refractivity contribution in [3.8, 4) is 0 Å². The van der Waals surface area contributed by atoms with Crippen molar-refractivity contribution in [2.75, 3.05) is 0 Å². The first-order chi connectivity index (χ1) is 8.00. The van der Waals surface area contributed by atoms with Crippen LogP contribution in [-0.4, -0.2) is 14.2 Å². The van der Waals surface area contributed by atoms with Gasteiger partial charge >= 0.3 is 28.7 Å². The summed E-state index contributed by atoms with van der Waals surface area (Å²) in [4.78, 5) is 7.32. The summed E-state index contributed by atoms with van der Waals surface area (Å²) in [6.45, 7) is 0. The average Bonchev–Trinajstić information content (AvgIpc) is 2.32. The second-order valence-corrected chi connectivity index (χ2v) is 3.55. The predicted octanol–water partition coefficient (Wildman–Crippen LogP) is 0.845. The van der Waals surface area contributed by atoms with Gasteiger partial charge in [0, 0.05) is 22.4 Å².